The highest BCUT2D eigenvalue weighted by Crippen LogP contribution is 2.36. The number of piperidine rings is 1. The number of halogens is 1. The second-order valence-corrected chi connectivity index (χ2v) is 8.05. The van der Waals surface area contributed by atoms with Crippen LogP contribution in [0.3, 0.4) is 0 Å². The molecule has 1 amide bonds. The second kappa shape index (κ2) is 7.30. The predicted molar refractivity (Wildman–Crippen MR) is 117 cm³/mol. The third-order valence-corrected chi connectivity index (χ3v) is 6.22. The maximum absolute atomic E-state index is 11.1. The zero-order chi connectivity index (χ0) is 20.8. The van der Waals surface area contributed by atoms with E-state index in [0.717, 1.165) is 66.0 Å². The number of hydrazine groups is 1. The number of rotatable bonds is 4. The lowest BCUT2D eigenvalue weighted by Gasteiger charge is -2.35. The Morgan fingerprint density at radius 2 is 2.13 bits per heavy atom. The molecule has 0 atom stereocenters. The van der Waals surface area contributed by atoms with Gasteiger partial charge in [-0.15, -0.1) is 0 Å². The summed E-state index contributed by atoms with van der Waals surface area (Å²) in [5.41, 5.74) is 9.58. The van der Waals surface area contributed by atoms with Crippen LogP contribution in [-0.4, -0.2) is 55.9 Å². The van der Waals surface area contributed by atoms with Crippen LogP contribution in [0.25, 0.3) is 27.8 Å². The van der Waals surface area contributed by atoms with Crippen molar-refractivity contribution in [1.82, 2.24) is 29.4 Å². The molecule has 30 heavy (non-hydrogen) atoms. The van der Waals surface area contributed by atoms with Crippen molar-refractivity contribution in [3.05, 3.63) is 47.5 Å². The highest BCUT2D eigenvalue weighted by molar-refractivity contribution is 6.35. The summed E-state index contributed by atoms with van der Waals surface area (Å²) < 4.78 is 2.05. The molecule has 0 saturated carbocycles. The first kappa shape index (κ1) is 18.9. The van der Waals surface area contributed by atoms with Crippen LogP contribution in [0.5, 0.6) is 0 Å². The van der Waals surface area contributed by atoms with E-state index >= 15 is 0 Å². The SMILES string of the molecule is CN(C=O)N1CCC(c2nc(-c3cc4cccc(Cl)c4[nH]3)c3c(N)nccn23)CC1. The standard InChI is InChI=1S/C21H22ClN7O/c1-27(12-30)28-8-5-13(6-9-28)21-26-18(19-20(23)24-7-10-29(19)21)16-11-14-3-2-4-15(22)17(14)25-16/h2-4,7,10-13,25H,5-6,8-9H2,1H3,(H2,23,24). The van der Waals surface area contributed by atoms with Crippen molar-refractivity contribution in [2.24, 2.45) is 0 Å². The second-order valence-electron chi connectivity index (χ2n) is 7.64. The van der Waals surface area contributed by atoms with E-state index in [2.05, 4.69) is 19.4 Å². The maximum Gasteiger partial charge on any atom is 0.223 e. The number of amides is 1. The largest absolute Gasteiger partial charge is 0.382 e. The van der Waals surface area contributed by atoms with Crippen LogP contribution in [0.2, 0.25) is 5.02 Å². The van der Waals surface area contributed by atoms with Crippen molar-refractivity contribution >= 4 is 40.2 Å². The summed E-state index contributed by atoms with van der Waals surface area (Å²) in [5, 5.41) is 5.35. The minimum absolute atomic E-state index is 0.261. The van der Waals surface area contributed by atoms with Gasteiger partial charge in [0.1, 0.15) is 22.9 Å². The molecule has 0 aliphatic carbocycles. The van der Waals surface area contributed by atoms with Gasteiger partial charge in [-0.05, 0) is 25.0 Å². The number of carbonyl (C=O) groups excluding carboxylic acids is 1. The number of nitrogens with two attached hydrogens (primary N) is 1. The van der Waals surface area contributed by atoms with Crippen molar-refractivity contribution in [2.45, 2.75) is 18.8 Å². The van der Waals surface area contributed by atoms with E-state index in [1.807, 2.05) is 30.5 Å². The van der Waals surface area contributed by atoms with Crippen molar-refractivity contribution in [3.8, 4) is 11.4 Å². The Balaban J connectivity index is 1.59. The number of nitrogen functional groups attached to an aromatic ring is 1. The van der Waals surface area contributed by atoms with E-state index < -0.39 is 0 Å². The Kier molecular flexibility index (Phi) is 4.60. The van der Waals surface area contributed by atoms with Gasteiger partial charge in [-0.1, -0.05) is 23.7 Å². The van der Waals surface area contributed by atoms with E-state index in [0.29, 0.717) is 10.8 Å². The van der Waals surface area contributed by atoms with Crippen LogP contribution in [0.4, 0.5) is 5.82 Å². The molecular weight excluding hydrogens is 402 g/mol. The Morgan fingerprint density at radius 1 is 1.33 bits per heavy atom. The zero-order valence-electron chi connectivity index (χ0n) is 16.5. The number of benzene rings is 1. The third kappa shape index (κ3) is 3.00. The Labute approximate surface area is 178 Å². The molecule has 0 radical (unpaired) electrons. The van der Waals surface area contributed by atoms with Gasteiger partial charge in [0.2, 0.25) is 6.41 Å². The van der Waals surface area contributed by atoms with E-state index in [9.17, 15) is 4.79 Å². The number of fused-ring (bicyclic) bond motifs is 2. The molecule has 3 aromatic heterocycles. The molecule has 0 bridgehead atoms. The number of nitrogens with one attached hydrogen (secondary N) is 1. The number of aromatic nitrogens is 4. The molecule has 1 aliphatic heterocycles. The first-order valence-corrected chi connectivity index (χ1v) is 10.3. The van der Waals surface area contributed by atoms with Gasteiger partial charge >= 0.3 is 0 Å². The monoisotopic (exact) mass is 423 g/mol. The van der Waals surface area contributed by atoms with Crippen LogP contribution in [0.15, 0.2) is 36.7 Å². The summed E-state index contributed by atoms with van der Waals surface area (Å²) in [6, 6.07) is 7.85. The number of anilines is 1. The first-order valence-electron chi connectivity index (χ1n) is 9.90. The summed E-state index contributed by atoms with van der Waals surface area (Å²) in [7, 11) is 1.78. The van der Waals surface area contributed by atoms with Crippen LogP contribution in [0, 0.1) is 0 Å². The first-order chi connectivity index (χ1) is 14.6. The van der Waals surface area contributed by atoms with Crippen molar-refractivity contribution < 1.29 is 4.79 Å². The molecule has 4 aromatic rings. The molecule has 9 heteroatoms. The summed E-state index contributed by atoms with van der Waals surface area (Å²) in [5.74, 6) is 1.67. The van der Waals surface area contributed by atoms with Crippen molar-refractivity contribution in [2.75, 3.05) is 25.9 Å². The molecule has 8 nitrogen and oxygen atoms in total. The number of imidazole rings is 1. The van der Waals surface area contributed by atoms with Gasteiger partial charge in [0.05, 0.1) is 16.2 Å². The Morgan fingerprint density at radius 3 is 2.87 bits per heavy atom. The number of H-pyrrole nitrogens is 1. The van der Waals surface area contributed by atoms with Gasteiger partial charge in [0, 0.05) is 43.8 Å². The predicted octanol–water partition coefficient (Wildman–Crippen LogP) is 3.30. The van der Waals surface area contributed by atoms with E-state index in [-0.39, 0.29) is 5.92 Å². The molecule has 3 N–H and O–H groups in total. The molecular formula is C21H22ClN7O. The quantitative estimate of drug-likeness (QED) is 0.491. The topological polar surface area (TPSA) is 95.5 Å². The number of para-hydroxylation sites is 1. The van der Waals surface area contributed by atoms with Gasteiger partial charge < -0.3 is 10.7 Å². The van der Waals surface area contributed by atoms with Crippen molar-refractivity contribution in [1.29, 1.82) is 0 Å². The highest BCUT2D eigenvalue weighted by Gasteiger charge is 2.28. The number of hydrogen-bond acceptors (Lipinski definition) is 5. The maximum atomic E-state index is 11.1. The fraction of sp³-hybridized carbons (Fsp3) is 0.286. The third-order valence-electron chi connectivity index (χ3n) is 5.91. The molecule has 1 aliphatic rings. The molecule has 1 aromatic carbocycles. The molecule has 1 saturated heterocycles. The normalized spacial score (nSPS) is 15.8. The molecule has 5 rings (SSSR count). The lowest BCUT2D eigenvalue weighted by Crippen LogP contribution is -2.43. The van der Waals surface area contributed by atoms with E-state index in [1.165, 1.54) is 0 Å². The van der Waals surface area contributed by atoms with Crippen LogP contribution < -0.4 is 5.73 Å². The highest BCUT2D eigenvalue weighted by atomic mass is 35.5. The summed E-state index contributed by atoms with van der Waals surface area (Å²) in [6.07, 6.45) is 6.26. The lowest BCUT2D eigenvalue weighted by atomic mass is 9.97. The smallest absolute Gasteiger partial charge is 0.223 e. The average Bonchev–Trinajstić information content (AvgIpc) is 3.37. The van der Waals surface area contributed by atoms with Crippen LogP contribution in [0.1, 0.15) is 24.6 Å². The van der Waals surface area contributed by atoms with Gasteiger partial charge in [0.15, 0.2) is 0 Å². The molecule has 154 valence electrons. The average molecular weight is 424 g/mol. The Hall–Kier alpha value is -3.10. The summed E-state index contributed by atoms with van der Waals surface area (Å²) in [4.78, 5) is 23.8. The number of aromatic amines is 1. The fourth-order valence-corrected chi connectivity index (χ4v) is 4.54. The summed E-state index contributed by atoms with van der Waals surface area (Å²) >= 11 is 6.36. The van der Waals surface area contributed by atoms with Gasteiger partial charge in [-0.25, -0.2) is 15.0 Å². The van der Waals surface area contributed by atoms with E-state index in [4.69, 9.17) is 22.3 Å². The number of nitrogens with zero attached hydrogens (tertiary/aromatic N) is 5. The zero-order valence-corrected chi connectivity index (χ0v) is 17.3. The van der Waals surface area contributed by atoms with Gasteiger partial charge in [-0.3, -0.25) is 14.2 Å². The van der Waals surface area contributed by atoms with Crippen LogP contribution >= 0.6 is 11.6 Å². The molecule has 4 heterocycles. The van der Waals surface area contributed by atoms with Crippen LogP contribution in [-0.2, 0) is 4.79 Å². The molecule has 1 fully saturated rings. The minimum atomic E-state index is 0.261. The van der Waals surface area contributed by atoms with Gasteiger partial charge in [0.25, 0.3) is 0 Å². The minimum Gasteiger partial charge on any atom is -0.382 e. The number of carbonyl (C=O) groups is 1. The van der Waals surface area contributed by atoms with Gasteiger partial charge in [-0.2, -0.15) is 0 Å². The van der Waals surface area contributed by atoms with Crippen molar-refractivity contribution in [3.63, 3.8) is 0 Å². The lowest BCUT2D eigenvalue weighted by molar-refractivity contribution is -0.133. The number of hydrogen-bond donors (Lipinski definition) is 2. The van der Waals surface area contributed by atoms with E-state index in [1.54, 1.807) is 18.3 Å². The molecule has 0 spiro atoms. The Bertz CT molecular complexity index is 1240. The summed E-state index contributed by atoms with van der Waals surface area (Å²) in [6.45, 7) is 1.60. The molecule has 0 unspecified atom stereocenters. The fourth-order valence-electron chi connectivity index (χ4n) is 4.32.